The zero-order chi connectivity index (χ0) is 23.5. The van der Waals surface area contributed by atoms with Crippen molar-refractivity contribution in [1.82, 2.24) is 10.2 Å². The molecule has 0 aliphatic carbocycles. The van der Waals surface area contributed by atoms with Crippen LogP contribution in [0.15, 0.2) is 72.9 Å². The lowest BCUT2D eigenvalue weighted by molar-refractivity contribution is -0.119. The number of nitrogens with zero attached hydrogens (tertiary/aromatic N) is 2. The van der Waals surface area contributed by atoms with E-state index < -0.39 is 6.04 Å². The molecule has 1 unspecified atom stereocenters. The number of amides is 2. The number of H-pyrrole nitrogens is 1. The summed E-state index contributed by atoms with van der Waals surface area (Å²) < 4.78 is 0. The van der Waals surface area contributed by atoms with Crippen LogP contribution >= 0.6 is 0 Å². The molecule has 0 bridgehead atoms. The molecule has 4 aromatic rings. The Morgan fingerprint density at radius 1 is 1.03 bits per heavy atom. The Morgan fingerprint density at radius 3 is 2.65 bits per heavy atom. The summed E-state index contributed by atoms with van der Waals surface area (Å²) in [5.41, 5.74) is 5.14. The molecule has 1 fully saturated rings. The van der Waals surface area contributed by atoms with Crippen molar-refractivity contribution >= 4 is 39.8 Å². The van der Waals surface area contributed by atoms with Gasteiger partial charge in [0.15, 0.2) is 0 Å². The highest BCUT2D eigenvalue weighted by molar-refractivity contribution is 5.99. The fraction of sp³-hybridized carbons (Fsp3) is 0.222. The van der Waals surface area contributed by atoms with Gasteiger partial charge < -0.3 is 15.5 Å². The molecule has 1 atom stereocenters. The van der Waals surface area contributed by atoms with Gasteiger partial charge in [0.2, 0.25) is 5.91 Å². The number of nitrogens with one attached hydrogen (secondary N) is 3. The van der Waals surface area contributed by atoms with E-state index in [0.29, 0.717) is 12.1 Å². The van der Waals surface area contributed by atoms with Gasteiger partial charge in [0.1, 0.15) is 6.04 Å². The molecular weight excluding hydrogens is 426 g/mol. The van der Waals surface area contributed by atoms with Gasteiger partial charge in [-0.2, -0.15) is 5.10 Å². The van der Waals surface area contributed by atoms with Crippen molar-refractivity contribution in [3.63, 3.8) is 0 Å². The monoisotopic (exact) mass is 453 g/mol. The normalized spacial score (nSPS) is 14.7. The molecule has 1 saturated heterocycles. The Balaban J connectivity index is 1.38. The second-order valence-corrected chi connectivity index (χ2v) is 8.65. The third-order valence-electron chi connectivity index (χ3n) is 6.23. The second kappa shape index (κ2) is 9.39. The first-order valence-electron chi connectivity index (χ1n) is 11.5. The number of aryl methyl sites for hydroxylation is 1. The van der Waals surface area contributed by atoms with Gasteiger partial charge in [0, 0.05) is 35.4 Å². The Labute approximate surface area is 198 Å². The van der Waals surface area contributed by atoms with Crippen molar-refractivity contribution in [2.24, 2.45) is 0 Å². The third kappa shape index (κ3) is 4.50. The maximum atomic E-state index is 13.4. The van der Waals surface area contributed by atoms with Crippen molar-refractivity contribution in [3.8, 4) is 0 Å². The summed E-state index contributed by atoms with van der Waals surface area (Å²) in [7, 11) is 0. The highest BCUT2D eigenvalue weighted by atomic mass is 16.2. The summed E-state index contributed by atoms with van der Waals surface area (Å²) in [6.07, 6.45) is 4.32. The number of hydrogen-bond acceptors (Lipinski definition) is 4. The number of anilines is 3. The molecule has 0 saturated carbocycles. The van der Waals surface area contributed by atoms with Gasteiger partial charge in [-0.15, -0.1) is 0 Å². The predicted molar refractivity (Wildman–Crippen MR) is 135 cm³/mol. The minimum atomic E-state index is -0.592. The van der Waals surface area contributed by atoms with Crippen LogP contribution in [0.5, 0.6) is 0 Å². The molecule has 0 spiro atoms. The van der Waals surface area contributed by atoms with E-state index in [1.165, 1.54) is 0 Å². The van der Waals surface area contributed by atoms with Crippen molar-refractivity contribution in [1.29, 1.82) is 0 Å². The Hall–Kier alpha value is -4.13. The van der Waals surface area contributed by atoms with Crippen LogP contribution in [0.1, 0.15) is 36.4 Å². The molecule has 3 N–H and O–H groups in total. The fourth-order valence-electron chi connectivity index (χ4n) is 4.45. The van der Waals surface area contributed by atoms with Gasteiger partial charge in [-0.25, -0.2) is 0 Å². The predicted octanol–water partition coefficient (Wildman–Crippen LogP) is 5.18. The zero-order valence-electron chi connectivity index (χ0n) is 19.0. The molecule has 34 heavy (non-hydrogen) atoms. The summed E-state index contributed by atoms with van der Waals surface area (Å²) in [4.78, 5) is 27.6. The van der Waals surface area contributed by atoms with Crippen LogP contribution in [0.4, 0.5) is 17.1 Å². The number of carbonyl (C=O) groups is 2. The lowest BCUT2D eigenvalue weighted by Crippen LogP contribution is -2.35. The third-order valence-corrected chi connectivity index (χ3v) is 6.23. The molecule has 1 aliphatic heterocycles. The van der Waals surface area contributed by atoms with Crippen LogP contribution in [0, 0.1) is 6.92 Å². The first-order valence-corrected chi connectivity index (χ1v) is 11.5. The van der Waals surface area contributed by atoms with Crippen LogP contribution in [-0.4, -0.2) is 28.6 Å². The molecule has 1 aliphatic rings. The van der Waals surface area contributed by atoms with Crippen molar-refractivity contribution in [2.45, 2.75) is 32.2 Å². The number of rotatable bonds is 6. The quantitative estimate of drug-likeness (QED) is 0.375. The summed E-state index contributed by atoms with van der Waals surface area (Å²) in [5, 5.41) is 14.5. The molecule has 7 heteroatoms. The smallest absolute Gasteiger partial charge is 0.251 e. The molecule has 1 aromatic heterocycles. The highest BCUT2D eigenvalue weighted by Crippen LogP contribution is 2.28. The summed E-state index contributed by atoms with van der Waals surface area (Å²) in [6, 6.07) is 20.6. The number of piperidine rings is 1. The Kier molecular flexibility index (Phi) is 5.99. The van der Waals surface area contributed by atoms with Crippen molar-refractivity contribution in [2.75, 3.05) is 22.1 Å². The lowest BCUT2D eigenvalue weighted by atomic mass is 10.0. The van der Waals surface area contributed by atoms with Crippen LogP contribution in [0.2, 0.25) is 0 Å². The maximum Gasteiger partial charge on any atom is 0.251 e. The molecule has 7 nitrogen and oxygen atoms in total. The van der Waals surface area contributed by atoms with Gasteiger partial charge in [-0.05, 0) is 67.3 Å². The number of benzene rings is 3. The van der Waals surface area contributed by atoms with Crippen LogP contribution < -0.4 is 15.5 Å². The molecule has 2 amide bonds. The number of carbonyl (C=O) groups excluding carboxylic acids is 2. The van der Waals surface area contributed by atoms with E-state index in [-0.39, 0.29) is 11.8 Å². The minimum absolute atomic E-state index is 0.161. The van der Waals surface area contributed by atoms with Crippen LogP contribution in [0.3, 0.4) is 0 Å². The lowest BCUT2D eigenvalue weighted by Gasteiger charge is -2.28. The maximum absolute atomic E-state index is 13.4. The minimum Gasteiger partial charge on any atom is -0.370 e. The number of aromatic nitrogens is 2. The molecule has 172 valence electrons. The second-order valence-electron chi connectivity index (χ2n) is 8.65. The molecule has 2 heterocycles. The number of aromatic amines is 1. The van der Waals surface area contributed by atoms with Gasteiger partial charge in [0.25, 0.3) is 5.91 Å². The first-order chi connectivity index (χ1) is 16.6. The summed E-state index contributed by atoms with van der Waals surface area (Å²) in [5.74, 6) is -0.00850. The van der Waals surface area contributed by atoms with Crippen molar-refractivity contribution < 1.29 is 9.59 Å². The first kappa shape index (κ1) is 21.7. The Morgan fingerprint density at radius 2 is 1.85 bits per heavy atom. The summed E-state index contributed by atoms with van der Waals surface area (Å²) >= 11 is 0. The molecule has 5 rings (SSSR count). The van der Waals surface area contributed by atoms with E-state index in [1.54, 1.807) is 6.20 Å². The molecule has 0 radical (unpaired) electrons. The number of fused-ring (bicyclic) bond motifs is 1. The van der Waals surface area contributed by atoms with Gasteiger partial charge >= 0.3 is 0 Å². The standard InChI is InChI=1S/C27H27N5O2/c1-18-15-21(12-13-24(18)32-14-6-5-9-25(32)33)30-27(34)26(19-7-3-2-4-8-19)29-22-11-10-20-17-28-31-23(20)16-22/h2-4,7-8,10-13,15-17,26,29H,5-6,9,14H2,1H3,(H,28,31)(H,30,34). The van der Waals surface area contributed by atoms with E-state index in [4.69, 9.17) is 0 Å². The Bertz CT molecular complexity index is 1330. The van der Waals surface area contributed by atoms with E-state index in [2.05, 4.69) is 20.8 Å². The SMILES string of the molecule is Cc1cc(NC(=O)C(Nc2ccc3cn[nH]c3c2)c2ccccc2)ccc1N1CCCCC1=O. The van der Waals surface area contributed by atoms with E-state index in [9.17, 15) is 9.59 Å². The molecule has 3 aromatic carbocycles. The van der Waals surface area contributed by atoms with Crippen LogP contribution in [-0.2, 0) is 9.59 Å². The van der Waals surface area contributed by atoms with Crippen LogP contribution in [0.25, 0.3) is 10.9 Å². The summed E-state index contributed by atoms with van der Waals surface area (Å²) in [6.45, 7) is 2.71. The largest absolute Gasteiger partial charge is 0.370 e. The average molecular weight is 454 g/mol. The average Bonchev–Trinajstić information content (AvgIpc) is 3.32. The van der Waals surface area contributed by atoms with Crippen molar-refractivity contribution in [3.05, 3.63) is 84.1 Å². The van der Waals surface area contributed by atoms with E-state index in [1.807, 2.05) is 78.6 Å². The van der Waals surface area contributed by atoms with Gasteiger partial charge in [0.05, 0.1) is 11.7 Å². The van der Waals surface area contributed by atoms with E-state index in [0.717, 1.165) is 52.8 Å². The van der Waals surface area contributed by atoms with Gasteiger partial charge in [-0.3, -0.25) is 14.7 Å². The zero-order valence-corrected chi connectivity index (χ0v) is 19.0. The highest BCUT2D eigenvalue weighted by Gasteiger charge is 2.23. The topological polar surface area (TPSA) is 90.1 Å². The van der Waals surface area contributed by atoms with E-state index >= 15 is 0 Å². The van der Waals surface area contributed by atoms with Gasteiger partial charge in [-0.1, -0.05) is 30.3 Å². The molecular formula is C27H27N5O2. The number of hydrogen-bond donors (Lipinski definition) is 3. The fourth-order valence-corrected chi connectivity index (χ4v) is 4.45.